The van der Waals surface area contributed by atoms with Gasteiger partial charge in [-0.2, -0.15) is 0 Å². The third-order valence-corrected chi connectivity index (χ3v) is 3.18. The highest BCUT2D eigenvalue weighted by molar-refractivity contribution is 5.73. The summed E-state index contributed by atoms with van der Waals surface area (Å²) < 4.78 is 9.83. The van der Waals surface area contributed by atoms with Crippen LogP contribution >= 0.6 is 0 Å². The van der Waals surface area contributed by atoms with Crippen LogP contribution in [-0.4, -0.2) is 31.1 Å². The number of nitrogens with zero attached hydrogens (tertiary/aromatic N) is 1. The Balaban J connectivity index is 1.93. The number of rotatable bonds is 3. The van der Waals surface area contributed by atoms with Crippen LogP contribution in [0, 0.1) is 11.8 Å². The fraction of sp³-hybridized carbons (Fsp3) is 0.583. The van der Waals surface area contributed by atoms with Gasteiger partial charge in [0, 0.05) is 25.2 Å². The van der Waals surface area contributed by atoms with Crippen LogP contribution in [0.5, 0.6) is 0 Å². The molecule has 2 atom stereocenters. The van der Waals surface area contributed by atoms with Gasteiger partial charge in [-0.1, -0.05) is 6.92 Å². The highest BCUT2D eigenvalue weighted by Gasteiger charge is 2.35. The number of esters is 1. The molecular weight excluding hydrogens is 206 g/mol. The molecular formula is C12H17NO3. The average molecular weight is 223 g/mol. The zero-order valence-electron chi connectivity index (χ0n) is 9.68. The molecule has 2 heterocycles. The van der Waals surface area contributed by atoms with Gasteiger partial charge < -0.3 is 9.15 Å². The Labute approximate surface area is 95.2 Å². The predicted molar refractivity (Wildman–Crippen MR) is 58.7 cm³/mol. The van der Waals surface area contributed by atoms with Crippen molar-refractivity contribution in [3.63, 3.8) is 0 Å². The van der Waals surface area contributed by atoms with Crippen LogP contribution in [-0.2, 0) is 16.1 Å². The lowest BCUT2D eigenvalue weighted by molar-refractivity contribution is -0.146. The van der Waals surface area contributed by atoms with E-state index in [0.717, 1.165) is 25.2 Å². The molecule has 0 radical (unpaired) electrons. The molecule has 0 bridgehead atoms. The molecule has 1 fully saturated rings. The minimum absolute atomic E-state index is 0.0110. The SMILES string of the molecule is COC(=O)C1CN(Cc2ccoc2)CC1C. The maximum absolute atomic E-state index is 11.5. The Kier molecular flexibility index (Phi) is 3.29. The Bertz CT molecular complexity index is 347. The smallest absolute Gasteiger partial charge is 0.310 e. The second-order valence-electron chi connectivity index (χ2n) is 4.43. The molecule has 1 saturated heterocycles. The lowest BCUT2D eigenvalue weighted by atomic mass is 9.99. The fourth-order valence-electron chi connectivity index (χ4n) is 2.30. The second-order valence-corrected chi connectivity index (χ2v) is 4.43. The number of methoxy groups -OCH3 is 1. The molecule has 1 aromatic heterocycles. The van der Waals surface area contributed by atoms with Crippen molar-refractivity contribution >= 4 is 5.97 Å². The standard InChI is InChI=1S/C12H17NO3/c1-9-5-13(6-10-3-4-16-8-10)7-11(9)12(14)15-2/h3-4,8-9,11H,5-7H2,1-2H3. The molecule has 0 amide bonds. The Morgan fingerprint density at radius 1 is 1.62 bits per heavy atom. The minimum Gasteiger partial charge on any atom is -0.472 e. The van der Waals surface area contributed by atoms with Crippen molar-refractivity contribution in [1.82, 2.24) is 4.90 Å². The van der Waals surface area contributed by atoms with Crippen LogP contribution < -0.4 is 0 Å². The van der Waals surface area contributed by atoms with Gasteiger partial charge in [0.2, 0.25) is 0 Å². The first-order chi connectivity index (χ1) is 7.70. The lowest BCUT2D eigenvalue weighted by Gasteiger charge is -2.13. The van der Waals surface area contributed by atoms with Crippen LogP contribution in [0.15, 0.2) is 23.0 Å². The number of carbonyl (C=O) groups is 1. The van der Waals surface area contributed by atoms with Crippen molar-refractivity contribution in [3.05, 3.63) is 24.2 Å². The highest BCUT2D eigenvalue weighted by Crippen LogP contribution is 2.25. The Morgan fingerprint density at radius 2 is 2.44 bits per heavy atom. The first-order valence-corrected chi connectivity index (χ1v) is 5.52. The summed E-state index contributed by atoms with van der Waals surface area (Å²) in [5, 5.41) is 0. The first-order valence-electron chi connectivity index (χ1n) is 5.52. The van der Waals surface area contributed by atoms with E-state index in [1.54, 1.807) is 12.5 Å². The molecule has 4 nitrogen and oxygen atoms in total. The van der Waals surface area contributed by atoms with Gasteiger partial charge in [0.05, 0.1) is 25.6 Å². The summed E-state index contributed by atoms with van der Waals surface area (Å²) in [4.78, 5) is 13.8. The fourth-order valence-corrected chi connectivity index (χ4v) is 2.30. The third-order valence-electron chi connectivity index (χ3n) is 3.18. The van der Waals surface area contributed by atoms with E-state index >= 15 is 0 Å². The summed E-state index contributed by atoms with van der Waals surface area (Å²) in [6.07, 6.45) is 3.42. The lowest BCUT2D eigenvalue weighted by Crippen LogP contribution is -2.24. The summed E-state index contributed by atoms with van der Waals surface area (Å²) in [7, 11) is 1.45. The van der Waals surface area contributed by atoms with E-state index < -0.39 is 0 Å². The van der Waals surface area contributed by atoms with Gasteiger partial charge in [0.15, 0.2) is 0 Å². The number of hydrogen-bond acceptors (Lipinski definition) is 4. The van der Waals surface area contributed by atoms with Gasteiger partial charge in [-0.05, 0) is 12.0 Å². The second kappa shape index (κ2) is 4.70. The van der Waals surface area contributed by atoms with Crippen LogP contribution in [0.3, 0.4) is 0 Å². The van der Waals surface area contributed by atoms with Crippen LogP contribution in [0.1, 0.15) is 12.5 Å². The maximum atomic E-state index is 11.5. The van der Waals surface area contributed by atoms with E-state index in [1.807, 2.05) is 6.07 Å². The topological polar surface area (TPSA) is 42.7 Å². The summed E-state index contributed by atoms with van der Waals surface area (Å²) in [5.74, 6) is 0.276. The van der Waals surface area contributed by atoms with E-state index in [9.17, 15) is 4.79 Å². The van der Waals surface area contributed by atoms with Crippen molar-refractivity contribution in [2.75, 3.05) is 20.2 Å². The Morgan fingerprint density at radius 3 is 3.06 bits per heavy atom. The maximum Gasteiger partial charge on any atom is 0.310 e. The van der Waals surface area contributed by atoms with Gasteiger partial charge in [0.25, 0.3) is 0 Å². The zero-order chi connectivity index (χ0) is 11.5. The van der Waals surface area contributed by atoms with E-state index in [2.05, 4.69) is 11.8 Å². The van der Waals surface area contributed by atoms with Gasteiger partial charge in [-0.3, -0.25) is 9.69 Å². The monoisotopic (exact) mass is 223 g/mol. The van der Waals surface area contributed by atoms with Crippen molar-refractivity contribution in [2.24, 2.45) is 11.8 Å². The van der Waals surface area contributed by atoms with E-state index in [0.29, 0.717) is 5.92 Å². The highest BCUT2D eigenvalue weighted by atomic mass is 16.5. The molecule has 0 aliphatic carbocycles. The largest absolute Gasteiger partial charge is 0.472 e. The summed E-state index contributed by atoms with van der Waals surface area (Å²) >= 11 is 0. The molecule has 2 unspecified atom stereocenters. The molecule has 1 aliphatic rings. The molecule has 0 saturated carbocycles. The van der Waals surface area contributed by atoms with E-state index in [1.165, 1.54) is 7.11 Å². The number of likely N-dealkylation sites (tertiary alicyclic amines) is 1. The molecule has 0 N–H and O–H groups in total. The van der Waals surface area contributed by atoms with Gasteiger partial charge in [-0.25, -0.2) is 0 Å². The predicted octanol–water partition coefficient (Wildman–Crippen LogP) is 1.52. The number of furan rings is 1. The molecule has 2 rings (SSSR count). The summed E-state index contributed by atoms with van der Waals surface area (Å²) in [5.41, 5.74) is 1.15. The number of ether oxygens (including phenoxy) is 1. The zero-order valence-corrected chi connectivity index (χ0v) is 9.68. The number of carbonyl (C=O) groups excluding carboxylic acids is 1. The minimum atomic E-state index is -0.0952. The van der Waals surface area contributed by atoms with Gasteiger partial charge >= 0.3 is 5.97 Å². The molecule has 1 aromatic rings. The van der Waals surface area contributed by atoms with Crippen LogP contribution in [0.4, 0.5) is 0 Å². The van der Waals surface area contributed by atoms with Gasteiger partial charge in [0.1, 0.15) is 0 Å². The van der Waals surface area contributed by atoms with E-state index in [-0.39, 0.29) is 11.9 Å². The Hall–Kier alpha value is -1.29. The van der Waals surface area contributed by atoms with Crippen molar-refractivity contribution in [1.29, 1.82) is 0 Å². The van der Waals surface area contributed by atoms with Crippen molar-refractivity contribution < 1.29 is 13.9 Å². The van der Waals surface area contributed by atoms with Gasteiger partial charge in [-0.15, -0.1) is 0 Å². The molecule has 1 aliphatic heterocycles. The van der Waals surface area contributed by atoms with Crippen LogP contribution in [0.2, 0.25) is 0 Å². The third kappa shape index (κ3) is 2.27. The van der Waals surface area contributed by atoms with Crippen molar-refractivity contribution in [2.45, 2.75) is 13.5 Å². The van der Waals surface area contributed by atoms with Crippen LogP contribution in [0.25, 0.3) is 0 Å². The molecule has 4 heteroatoms. The number of hydrogen-bond donors (Lipinski definition) is 0. The summed E-state index contributed by atoms with van der Waals surface area (Å²) in [6, 6.07) is 1.95. The first kappa shape index (κ1) is 11.2. The summed E-state index contributed by atoms with van der Waals surface area (Å²) in [6.45, 7) is 4.65. The molecule has 88 valence electrons. The molecule has 16 heavy (non-hydrogen) atoms. The normalized spacial score (nSPS) is 25.9. The van der Waals surface area contributed by atoms with E-state index in [4.69, 9.17) is 9.15 Å². The molecule has 0 spiro atoms. The molecule has 0 aromatic carbocycles. The quantitative estimate of drug-likeness (QED) is 0.729. The average Bonchev–Trinajstić information content (AvgIpc) is 2.88. The van der Waals surface area contributed by atoms with Crippen molar-refractivity contribution in [3.8, 4) is 0 Å².